The molecule has 0 aliphatic carbocycles. The maximum Gasteiger partial charge on any atom is 0.340 e. The van der Waals surface area contributed by atoms with Crippen molar-refractivity contribution in [2.75, 3.05) is 28.4 Å². The lowest BCUT2D eigenvalue weighted by molar-refractivity contribution is 0.231. The van der Waals surface area contributed by atoms with E-state index in [4.69, 9.17) is 17.7 Å². The molecule has 6 heteroatoms. The first kappa shape index (κ1) is 18.6. The van der Waals surface area contributed by atoms with E-state index in [1.807, 2.05) is 28.4 Å². The summed E-state index contributed by atoms with van der Waals surface area (Å²) in [5, 5.41) is 0. The second kappa shape index (κ2) is 8.39. The Hall–Kier alpha value is 0.274. The molecule has 2 rings (SSSR count). The molecule has 0 amide bonds. The normalized spacial score (nSPS) is 30.0. The first-order valence-electron chi connectivity index (χ1n) is 8.87. The Bertz CT molecular complexity index is 300. The quantitative estimate of drug-likeness (QED) is 0.459. The molecule has 0 spiro atoms. The predicted octanol–water partition coefficient (Wildman–Crippen LogP) is 4.34. The average Bonchev–Trinajstić information content (AvgIpc) is 3.16. The summed E-state index contributed by atoms with van der Waals surface area (Å²) in [5.74, 6) is 0. The van der Waals surface area contributed by atoms with Crippen LogP contribution in [0.3, 0.4) is 0 Å². The summed E-state index contributed by atoms with van der Waals surface area (Å²) in [7, 11) is 3.66. The van der Waals surface area contributed by atoms with Crippen molar-refractivity contribution in [1.82, 2.24) is 0 Å². The largest absolute Gasteiger partial charge is 0.397 e. The van der Waals surface area contributed by atoms with E-state index < -0.39 is 17.1 Å². The van der Waals surface area contributed by atoms with Crippen LogP contribution in [0.1, 0.15) is 51.4 Å². The van der Waals surface area contributed by atoms with E-state index in [9.17, 15) is 0 Å². The van der Waals surface area contributed by atoms with Gasteiger partial charge in [0.2, 0.25) is 0 Å². The molecule has 2 fully saturated rings. The standard InChI is InChI=1S/C16H34O4Si2/c1-17-21(18-2)13-7-11-15(21)9-5-6-10-16-12-8-14-22(16,19-3)20-4/h15-16H,5-14H2,1-4H3. The van der Waals surface area contributed by atoms with Gasteiger partial charge in [0.05, 0.1) is 0 Å². The van der Waals surface area contributed by atoms with Crippen LogP contribution in [0.2, 0.25) is 23.2 Å². The minimum Gasteiger partial charge on any atom is -0.397 e. The summed E-state index contributed by atoms with van der Waals surface area (Å²) in [5.41, 5.74) is 1.39. The van der Waals surface area contributed by atoms with E-state index in [2.05, 4.69) is 0 Å². The molecule has 130 valence electrons. The maximum atomic E-state index is 5.84. The highest BCUT2D eigenvalue weighted by molar-refractivity contribution is 6.70. The van der Waals surface area contributed by atoms with Crippen LogP contribution in [0.5, 0.6) is 0 Å². The molecule has 0 aromatic rings. The molecule has 2 unspecified atom stereocenters. The fraction of sp³-hybridized carbons (Fsp3) is 1.00. The van der Waals surface area contributed by atoms with Gasteiger partial charge in [0.25, 0.3) is 0 Å². The summed E-state index contributed by atoms with van der Waals surface area (Å²) >= 11 is 0. The van der Waals surface area contributed by atoms with Gasteiger partial charge in [-0.05, 0) is 37.8 Å². The second-order valence-corrected chi connectivity index (χ2v) is 14.4. The van der Waals surface area contributed by atoms with Crippen LogP contribution >= 0.6 is 0 Å². The molecule has 2 atom stereocenters. The zero-order valence-electron chi connectivity index (χ0n) is 14.9. The van der Waals surface area contributed by atoms with Gasteiger partial charge in [-0.2, -0.15) is 0 Å². The number of unbranched alkanes of at least 4 members (excludes halogenated alkanes) is 1. The fourth-order valence-electron chi connectivity index (χ4n) is 4.79. The summed E-state index contributed by atoms with van der Waals surface area (Å²) in [6.45, 7) is 0. The van der Waals surface area contributed by atoms with Crippen molar-refractivity contribution in [3.63, 3.8) is 0 Å². The van der Waals surface area contributed by atoms with Crippen molar-refractivity contribution in [3.8, 4) is 0 Å². The lowest BCUT2D eigenvalue weighted by Gasteiger charge is -2.30. The molecule has 4 nitrogen and oxygen atoms in total. The van der Waals surface area contributed by atoms with Gasteiger partial charge in [-0.3, -0.25) is 0 Å². The Morgan fingerprint density at radius 2 is 1.05 bits per heavy atom. The Labute approximate surface area is 138 Å². The number of rotatable bonds is 9. The smallest absolute Gasteiger partial charge is 0.340 e. The minimum atomic E-state index is -1.87. The van der Waals surface area contributed by atoms with Crippen LogP contribution in [0.25, 0.3) is 0 Å². The SMILES string of the molecule is CO[Si]1(OC)CCCC1CCCCC1CCC[Si]1(OC)OC. The van der Waals surface area contributed by atoms with E-state index in [1.54, 1.807) is 0 Å². The van der Waals surface area contributed by atoms with Crippen LogP contribution in [0.15, 0.2) is 0 Å². The van der Waals surface area contributed by atoms with Crippen molar-refractivity contribution in [2.45, 2.75) is 74.5 Å². The van der Waals surface area contributed by atoms with E-state index in [0.29, 0.717) is 11.1 Å². The molecule has 22 heavy (non-hydrogen) atoms. The molecule has 0 N–H and O–H groups in total. The highest BCUT2D eigenvalue weighted by atomic mass is 28.4. The Kier molecular flexibility index (Phi) is 7.10. The van der Waals surface area contributed by atoms with Gasteiger partial charge < -0.3 is 17.7 Å². The molecule has 0 aromatic carbocycles. The first-order chi connectivity index (χ1) is 10.7. The highest BCUT2D eigenvalue weighted by Gasteiger charge is 2.49. The minimum absolute atomic E-state index is 0.693. The van der Waals surface area contributed by atoms with E-state index in [0.717, 1.165) is 0 Å². The molecule has 0 saturated carbocycles. The van der Waals surface area contributed by atoms with E-state index in [1.165, 1.54) is 63.5 Å². The topological polar surface area (TPSA) is 36.9 Å². The van der Waals surface area contributed by atoms with Crippen LogP contribution in [-0.4, -0.2) is 45.6 Å². The predicted molar refractivity (Wildman–Crippen MR) is 93.6 cm³/mol. The lowest BCUT2D eigenvalue weighted by Crippen LogP contribution is -2.41. The molecule has 0 radical (unpaired) electrons. The zero-order valence-corrected chi connectivity index (χ0v) is 16.9. The third kappa shape index (κ3) is 3.67. The molecule has 0 aromatic heterocycles. The van der Waals surface area contributed by atoms with Crippen molar-refractivity contribution < 1.29 is 17.7 Å². The van der Waals surface area contributed by atoms with Gasteiger partial charge in [-0.15, -0.1) is 0 Å². The van der Waals surface area contributed by atoms with Gasteiger partial charge in [0.1, 0.15) is 0 Å². The first-order valence-corrected chi connectivity index (χ1v) is 13.1. The van der Waals surface area contributed by atoms with E-state index >= 15 is 0 Å². The van der Waals surface area contributed by atoms with Crippen LogP contribution in [0, 0.1) is 0 Å². The van der Waals surface area contributed by atoms with Gasteiger partial charge in [-0.25, -0.2) is 0 Å². The fourth-order valence-corrected chi connectivity index (χ4v) is 12.1. The highest BCUT2D eigenvalue weighted by Crippen LogP contribution is 2.46. The summed E-state index contributed by atoms with van der Waals surface area (Å²) in [4.78, 5) is 0. The summed E-state index contributed by atoms with van der Waals surface area (Å²) < 4.78 is 23.4. The third-order valence-corrected chi connectivity index (χ3v) is 14.6. The van der Waals surface area contributed by atoms with Crippen LogP contribution in [-0.2, 0) is 17.7 Å². The lowest BCUT2D eigenvalue weighted by atomic mass is 10.1. The molecule has 2 saturated heterocycles. The monoisotopic (exact) mass is 346 g/mol. The van der Waals surface area contributed by atoms with Gasteiger partial charge in [-0.1, -0.05) is 25.7 Å². The number of hydrogen-bond donors (Lipinski definition) is 0. The Morgan fingerprint density at radius 3 is 1.36 bits per heavy atom. The van der Waals surface area contributed by atoms with Crippen LogP contribution in [0.4, 0.5) is 0 Å². The number of hydrogen-bond acceptors (Lipinski definition) is 4. The van der Waals surface area contributed by atoms with Crippen molar-refractivity contribution in [3.05, 3.63) is 0 Å². The molecular weight excluding hydrogens is 312 g/mol. The van der Waals surface area contributed by atoms with Gasteiger partial charge >= 0.3 is 17.1 Å². The summed E-state index contributed by atoms with van der Waals surface area (Å²) in [6, 6.07) is 2.35. The molecule has 2 heterocycles. The maximum absolute atomic E-state index is 5.84. The van der Waals surface area contributed by atoms with E-state index in [-0.39, 0.29) is 0 Å². The van der Waals surface area contributed by atoms with Crippen molar-refractivity contribution >= 4 is 17.1 Å². The van der Waals surface area contributed by atoms with Crippen molar-refractivity contribution in [2.24, 2.45) is 0 Å². The molecule has 0 bridgehead atoms. The Morgan fingerprint density at radius 1 is 0.682 bits per heavy atom. The molecular formula is C16H34O4Si2. The molecule has 2 aliphatic rings. The second-order valence-electron chi connectivity index (χ2n) is 6.90. The third-order valence-electron chi connectivity index (χ3n) is 6.14. The van der Waals surface area contributed by atoms with Gasteiger partial charge in [0.15, 0.2) is 0 Å². The Balaban J connectivity index is 1.75. The summed E-state index contributed by atoms with van der Waals surface area (Å²) in [6.07, 6.45) is 10.3. The zero-order chi connectivity index (χ0) is 16.1. The molecule has 2 aliphatic heterocycles. The van der Waals surface area contributed by atoms with Gasteiger partial charge in [0, 0.05) is 39.5 Å². The van der Waals surface area contributed by atoms with Crippen LogP contribution < -0.4 is 0 Å². The van der Waals surface area contributed by atoms with Crippen molar-refractivity contribution in [1.29, 1.82) is 0 Å². The average molecular weight is 347 g/mol.